The topological polar surface area (TPSA) is 91.8 Å². The fourth-order valence-electron chi connectivity index (χ4n) is 4.73. The zero-order valence-corrected chi connectivity index (χ0v) is 18.1. The maximum absolute atomic E-state index is 12.5. The molecule has 0 radical (unpaired) electrons. The molecular formula is C19H29Cl2N5O2. The van der Waals surface area contributed by atoms with Gasteiger partial charge in [-0.3, -0.25) is 19.4 Å². The van der Waals surface area contributed by atoms with Crippen molar-refractivity contribution >= 4 is 41.8 Å². The lowest BCUT2D eigenvalue weighted by Crippen LogP contribution is -2.48. The van der Waals surface area contributed by atoms with Crippen LogP contribution >= 0.6 is 24.8 Å². The predicted molar refractivity (Wildman–Crippen MR) is 115 cm³/mol. The number of pyridine rings is 1. The molecule has 0 aliphatic carbocycles. The number of aromatic amines is 1. The van der Waals surface area contributed by atoms with E-state index in [4.69, 9.17) is 0 Å². The molecule has 0 aromatic carbocycles. The largest absolute Gasteiger partial charge is 0.353 e. The minimum absolute atomic E-state index is 0. The summed E-state index contributed by atoms with van der Waals surface area (Å²) in [6, 6.07) is 1.43. The third kappa shape index (κ3) is 4.21. The van der Waals surface area contributed by atoms with Gasteiger partial charge in [0, 0.05) is 37.3 Å². The molecule has 28 heavy (non-hydrogen) atoms. The molecule has 2 aliphatic heterocycles. The second-order valence-corrected chi connectivity index (χ2v) is 7.87. The monoisotopic (exact) mass is 429 g/mol. The van der Waals surface area contributed by atoms with E-state index < -0.39 is 0 Å². The van der Waals surface area contributed by atoms with Crippen LogP contribution in [0.1, 0.15) is 48.9 Å². The van der Waals surface area contributed by atoms with Crippen molar-refractivity contribution in [3.05, 3.63) is 27.2 Å². The summed E-state index contributed by atoms with van der Waals surface area (Å²) in [5.41, 5.74) is 3.38. The van der Waals surface area contributed by atoms with Crippen molar-refractivity contribution in [2.45, 2.75) is 70.5 Å². The zero-order chi connectivity index (χ0) is 18.4. The number of halogens is 2. The van der Waals surface area contributed by atoms with E-state index in [-0.39, 0.29) is 36.3 Å². The number of rotatable bonds is 4. The first-order chi connectivity index (χ1) is 12.4. The van der Waals surface area contributed by atoms with Crippen molar-refractivity contribution in [3.63, 3.8) is 0 Å². The van der Waals surface area contributed by atoms with Crippen LogP contribution in [0.5, 0.6) is 0 Å². The molecular weight excluding hydrogens is 401 g/mol. The Balaban J connectivity index is 0.00000140. The molecule has 2 aliphatic rings. The molecule has 2 saturated heterocycles. The van der Waals surface area contributed by atoms with Crippen LogP contribution in [0.3, 0.4) is 0 Å². The molecule has 3 N–H and O–H groups in total. The summed E-state index contributed by atoms with van der Waals surface area (Å²) in [7, 11) is 1.79. The number of carbonyl (C=O) groups is 1. The third-order valence-corrected chi connectivity index (χ3v) is 6.02. The average Bonchev–Trinajstić information content (AvgIpc) is 3.06. The van der Waals surface area contributed by atoms with Crippen LogP contribution in [-0.4, -0.2) is 38.8 Å². The summed E-state index contributed by atoms with van der Waals surface area (Å²) in [5.74, 6) is 0.0946. The van der Waals surface area contributed by atoms with Gasteiger partial charge in [0.1, 0.15) is 0 Å². The van der Waals surface area contributed by atoms with E-state index in [0.29, 0.717) is 42.0 Å². The average molecular weight is 430 g/mol. The van der Waals surface area contributed by atoms with Crippen LogP contribution in [0, 0.1) is 13.8 Å². The molecule has 2 atom stereocenters. The van der Waals surface area contributed by atoms with Gasteiger partial charge in [0.05, 0.1) is 5.39 Å². The zero-order valence-electron chi connectivity index (χ0n) is 16.5. The smallest absolute Gasteiger partial charge is 0.273 e. The van der Waals surface area contributed by atoms with Crippen LogP contribution in [0.4, 0.5) is 0 Å². The van der Waals surface area contributed by atoms with Crippen LogP contribution in [0.2, 0.25) is 0 Å². The van der Waals surface area contributed by atoms with Crippen molar-refractivity contribution in [1.29, 1.82) is 0 Å². The summed E-state index contributed by atoms with van der Waals surface area (Å²) >= 11 is 0. The number of carbonyl (C=O) groups excluding carboxylic acids is 1. The number of nitrogens with one attached hydrogen (secondary N) is 3. The van der Waals surface area contributed by atoms with E-state index in [1.165, 1.54) is 12.8 Å². The Bertz CT molecular complexity index is 911. The normalized spacial score (nSPS) is 23.2. The Kier molecular flexibility index (Phi) is 7.17. The SMILES string of the molecule is Cc1nc2c(c(C)c1CCC(=O)NC1CC3CCC(C1)N3)c(=O)[nH]n2C.Cl.Cl. The molecule has 0 spiro atoms. The van der Waals surface area contributed by atoms with Crippen molar-refractivity contribution in [2.24, 2.45) is 7.05 Å². The minimum Gasteiger partial charge on any atom is -0.353 e. The van der Waals surface area contributed by atoms with E-state index in [1.807, 2.05) is 13.8 Å². The Hall–Kier alpha value is -1.57. The van der Waals surface area contributed by atoms with Crippen molar-refractivity contribution in [1.82, 2.24) is 25.4 Å². The summed E-state index contributed by atoms with van der Waals surface area (Å²) < 4.78 is 1.65. The number of aromatic nitrogens is 3. The van der Waals surface area contributed by atoms with Crippen LogP contribution < -0.4 is 16.2 Å². The summed E-state index contributed by atoms with van der Waals surface area (Å²) in [6.45, 7) is 3.89. The number of piperidine rings is 1. The van der Waals surface area contributed by atoms with Crippen LogP contribution in [0.15, 0.2) is 4.79 Å². The molecule has 156 valence electrons. The molecule has 2 aromatic rings. The van der Waals surface area contributed by atoms with Gasteiger partial charge in [0.25, 0.3) is 5.56 Å². The lowest BCUT2D eigenvalue weighted by atomic mass is 9.98. The molecule has 1 amide bonds. The van der Waals surface area contributed by atoms with E-state index >= 15 is 0 Å². The first-order valence-corrected chi connectivity index (χ1v) is 9.52. The maximum Gasteiger partial charge on any atom is 0.273 e. The highest BCUT2D eigenvalue weighted by Gasteiger charge is 2.33. The van der Waals surface area contributed by atoms with Crippen LogP contribution in [0.25, 0.3) is 11.0 Å². The lowest BCUT2D eigenvalue weighted by Gasteiger charge is -2.29. The van der Waals surface area contributed by atoms with Gasteiger partial charge in [-0.1, -0.05) is 0 Å². The predicted octanol–water partition coefficient (Wildman–Crippen LogP) is 2.05. The first-order valence-electron chi connectivity index (χ1n) is 9.52. The molecule has 0 saturated carbocycles. The molecule has 2 bridgehead atoms. The van der Waals surface area contributed by atoms with E-state index in [9.17, 15) is 9.59 Å². The van der Waals surface area contributed by atoms with Gasteiger partial charge >= 0.3 is 0 Å². The minimum atomic E-state index is -0.122. The Labute approximate surface area is 176 Å². The van der Waals surface area contributed by atoms with Crippen molar-refractivity contribution in [2.75, 3.05) is 0 Å². The standard InChI is InChI=1S/C19H27N5O2.2ClH/c1-10-15(11(2)20-18-17(10)19(26)23-24(18)3)6-7-16(25)22-14-8-12-4-5-13(9-14)21-12;;/h12-14,21H,4-9H2,1-3H3,(H,22,25)(H,23,26);2*1H. The van der Waals surface area contributed by atoms with Gasteiger partial charge < -0.3 is 10.6 Å². The highest BCUT2D eigenvalue weighted by atomic mass is 35.5. The quantitative estimate of drug-likeness (QED) is 0.693. The second kappa shape index (κ2) is 8.84. The molecule has 2 aromatic heterocycles. The number of H-pyrrole nitrogens is 1. The Morgan fingerprint density at radius 3 is 2.50 bits per heavy atom. The van der Waals surface area contributed by atoms with Crippen molar-refractivity contribution < 1.29 is 4.79 Å². The highest BCUT2D eigenvalue weighted by molar-refractivity contribution is 5.85. The van der Waals surface area contributed by atoms with E-state index in [1.54, 1.807) is 11.7 Å². The molecule has 2 unspecified atom stereocenters. The summed E-state index contributed by atoms with van der Waals surface area (Å²) in [4.78, 5) is 29.2. The molecule has 4 rings (SSSR count). The third-order valence-electron chi connectivity index (χ3n) is 6.02. The van der Waals surface area contributed by atoms with E-state index in [2.05, 4.69) is 20.7 Å². The molecule has 4 heterocycles. The molecule has 9 heteroatoms. The second-order valence-electron chi connectivity index (χ2n) is 7.87. The van der Waals surface area contributed by atoms with Crippen molar-refractivity contribution in [3.8, 4) is 0 Å². The number of nitrogens with zero attached hydrogens (tertiary/aromatic N) is 2. The fraction of sp³-hybridized carbons (Fsp3) is 0.632. The summed E-state index contributed by atoms with van der Waals surface area (Å²) in [5, 5.41) is 10.2. The Morgan fingerprint density at radius 1 is 1.21 bits per heavy atom. The van der Waals surface area contributed by atoms with Gasteiger partial charge in [-0.05, 0) is 57.1 Å². The molecule has 2 fully saturated rings. The first kappa shape index (κ1) is 22.7. The fourth-order valence-corrected chi connectivity index (χ4v) is 4.73. The lowest BCUT2D eigenvalue weighted by molar-refractivity contribution is -0.122. The number of hydrogen-bond donors (Lipinski definition) is 3. The molecule has 7 nitrogen and oxygen atoms in total. The van der Waals surface area contributed by atoms with Gasteiger partial charge in [-0.2, -0.15) is 0 Å². The van der Waals surface area contributed by atoms with Gasteiger partial charge in [0.15, 0.2) is 5.65 Å². The van der Waals surface area contributed by atoms with Gasteiger partial charge in [-0.15, -0.1) is 24.8 Å². The van der Waals surface area contributed by atoms with Crippen LogP contribution in [-0.2, 0) is 18.3 Å². The Morgan fingerprint density at radius 2 is 1.86 bits per heavy atom. The number of fused-ring (bicyclic) bond motifs is 3. The number of hydrogen-bond acceptors (Lipinski definition) is 4. The number of aryl methyl sites for hydroxylation is 3. The highest BCUT2D eigenvalue weighted by Crippen LogP contribution is 2.27. The maximum atomic E-state index is 12.5. The summed E-state index contributed by atoms with van der Waals surface area (Å²) in [6.07, 6.45) is 5.57. The van der Waals surface area contributed by atoms with Gasteiger partial charge in [0.2, 0.25) is 5.91 Å². The number of amides is 1. The van der Waals surface area contributed by atoms with E-state index in [0.717, 1.165) is 29.7 Å². The van der Waals surface area contributed by atoms with Gasteiger partial charge in [-0.25, -0.2) is 4.98 Å².